The smallest absolute Gasteiger partial charge is 0.126 e. The van der Waals surface area contributed by atoms with E-state index in [1.807, 2.05) is 36.1 Å². The van der Waals surface area contributed by atoms with E-state index in [1.165, 1.54) is 6.07 Å². The molecule has 3 aromatic heterocycles. The van der Waals surface area contributed by atoms with Crippen LogP contribution in [0.1, 0.15) is 11.1 Å². The second-order valence-electron chi connectivity index (χ2n) is 8.46. The lowest BCUT2D eigenvalue weighted by atomic mass is 9.97. The van der Waals surface area contributed by atoms with E-state index in [0.717, 1.165) is 54.8 Å². The van der Waals surface area contributed by atoms with Crippen molar-refractivity contribution in [2.75, 3.05) is 5.32 Å². The first-order valence-electron chi connectivity index (χ1n) is 11.3. The van der Waals surface area contributed by atoms with Crippen LogP contribution in [0.15, 0.2) is 90.7 Å². The van der Waals surface area contributed by atoms with E-state index in [-0.39, 0.29) is 5.82 Å². The summed E-state index contributed by atoms with van der Waals surface area (Å²) >= 11 is 1.61. The molecule has 3 aromatic carbocycles. The van der Waals surface area contributed by atoms with E-state index in [0.29, 0.717) is 12.1 Å². The maximum Gasteiger partial charge on any atom is 0.126 e. The Balaban J connectivity index is 1.41. The average Bonchev–Trinajstić information content (AvgIpc) is 3.37. The molecule has 0 unspecified atom stereocenters. The summed E-state index contributed by atoms with van der Waals surface area (Å²) in [6.07, 6.45) is 3.65. The van der Waals surface area contributed by atoms with E-state index in [2.05, 4.69) is 57.7 Å². The molecule has 4 nitrogen and oxygen atoms in total. The summed E-state index contributed by atoms with van der Waals surface area (Å²) in [6, 6.07) is 23.7. The van der Waals surface area contributed by atoms with Gasteiger partial charge in [0, 0.05) is 29.3 Å². The first-order chi connectivity index (χ1) is 17.2. The highest BCUT2D eigenvalue weighted by Crippen LogP contribution is 2.35. The number of benzene rings is 3. The molecular formula is C29H21FN4S. The molecule has 0 radical (unpaired) electrons. The van der Waals surface area contributed by atoms with Crippen molar-refractivity contribution in [3.8, 4) is 22.4 Å². The lowest BCUT2D eigenvalue weighted by molar-refractivity contribution is 0.619. The van der Waals surface area contributed by atoms with Crippen molar-refractivity contribution >= 4 is 38.1 Å². The van der Waals surface area contributed by atoms with Crippen LogP contribution in [0.4, 0.5) is 10.1 Å². The summed E-state index contributed by atoms with van der Waals surface area (Å²) < 4.78 is 15.1. The second kappa shape index (κ2) is 8.89. The monoisotopic (exact) mass is 476 g/mol. The molecule has 0 saturated heterocycles. The van der Waals surface area contributed by atoms with Gasteiger partial charge < -0.3 is 5.32 Å². The Hall–Kier alpha value is -4.16. The summed E-state index contributed by atoms with van der Waals surface area (Å²) in [5, 5.41) is 4.64. The third-order valence-electron chi connectivity index (χ3n) is 6.16. The van der Waals surface area contributed by atoms with Gasteiger partial charge in [-0.25, -0.2) is 9.37 Å². The Morgan fingerprint density at radius 1 is 0.886 bits per heavy atom. The molecule has 0 aliphatic heterocycles. The number of aryl methyl sites for hydroxylation is 1. The zero-order valence-electron chi connectivity index (χ0n) is 19.0. The Labute approximate surface area is 206 Å². The largest absolute Gasteiger partial charge is 0.380 e. The first kappa shape index (κ1) is 21.4. The van der Waals surface area contributed by atoms with Crippen molar-refractivity contribution in [2.45, 2.75) is 13.5 Å². The van der Waals surface area contributed by atoms with E-state index >= 15 is 0 Å². The summed E-state index contributed by atoms with van der Waals surface area (Å²) in [6.45, 7) is 2.40. The fourth-order valence-electron chi connectivity index (χ4n) is 4.33. The van der Waals surface area contributed by atoms with Crippen molar-refractivity contribution in [3.63, 3.8) is 0 Å². The predicted octanol–water partition coefficient (Wildman–Crippen LogP) is 7.63. The first-order valence-corrected chi connectivity index (χ1v) is 12.2. The van der Waals surface area contributed by atoms with Crippen molar-refractivity contribution < 1.29 is 4.39 Å². The van der Waals surface area contributed by atoms with E-state index in [9.17, 15) is 4.39 Å². The highest BCUT2D eigenvalue weighted by atomic mass is 32.1. The van der Waals surface area contributed by atoms with Gasteiger partial charge in [-0.1, -0.05) is 30.3 Å². The average molecular weight is 477 g/mol. The molecule has 0 atom stereocenters. The Bertz CT molecular complexity index is 1690. The zero-order valence-corrected chi connectivity index (χ0v) is 19.8. The SMILES string of the molecule is Cc1cc(-c2ncc(NCc3cccc4cccnc34)cc2-c2ccc3ncsc3c2)ccc1F. The van der Waals surface area contributed by atoms with Gasteiger partial charge in [0.2, 0.25) is 0 Å². The number of anilines is 1. The molecule has 0 bridgehead atoms. The molecule has 6 rings (SSSR count). The number of thiazole rings is 1. The number of halogens is 1. The lowest BCUT2D eigenvalue weighted by Gasteiger charge is -2.14. The van der Waals surface area contributed by atoms with E-state index in [1.54, 1.807) is 24.3 Å². The summed E-state index contributed by atoms with van der Waals surface area (Å²) in [4.78, 5) is 13.8. The number of hydrogen-bond donors (Lipinski definition) is 1. The lowest BCUT2D eigenvalue weighted by Crippen LogP contribution is -2.02. The van der Waals surface area contributed by atoms with Crippen LogP contribution in [0, 0.1) is 12.7 Å². The van der Waals surface area contributed by atoms with Gasteiger partial charge >= 0.3 is 0 Å². The fraction of sp³-hybridized carbons (Fsp3) is 0.0690. The van der Waals surface area contributed by atoms with Gasteiger partial charge in [-0.2, -0.15) is 0 Å². The van der Waals surface area contributed by atoms with Gasteiger partial charge in [0.05, 0.1) is 38.8 Å². The zero-order chi connectivity index (χ0) is 23.8. The summed E-state index contributed by atoms with van der Waals surface area (Å²) in [7, 11) is 0. The minimum atomic E-state index is -0.219. The molecule has 0 saturated carbocycles. The topological polar surface area (TPSA) is 50.7 Å². The number of fused-ring (bicyclic) bond motifs is 2. The molecule has 0 fully saturated rings. The molecule has 3 heterocycles. The van der Waals surface area contributed by atoms with Crippen LogP contribution < -0.4 is 5.32 Å². The van der Waals surface area contributed by atoms with Crippen molar-refractivity contribution in [2.24, 2.45) is 0 Å². The Kier molecular flexibility index (Phi) is 5.43. The third-order valence-corrected chi connectivity index (χ3v) is 6.95. The van der Waals surface area contributed by atoms with Crippen molar-refractivity contribution in [1.82, 2.24) is 15.0 Å². The van der Waals surface area contributed by atoms with Gasteiger partial charge in [-0.15, -0.1) is 11.3 Å². The molecule has 0 aliphatic rings. The van der Waals surface area contributed by atoms with Crippen molar-refractivity contribution in [3.05, 3.63) is 108 Å². The highest BCUT2D eigenvalue weighted by molar-refractivity contribution is 7.16. The molecule has 0 spiro atoms. The van der Waals surface area contributed by atoms with Gasteiger partial charge in [-0.05, 0) is 66.1 Å². The number of nitrogens with zero attached hydrogens (tertiary/aromatic N) is 3. The van der Waals surface area contributed by atoms with Crippen molar-refractivity contribution in [1.29, 1.82) is 0 Å². The number of nitrogens with one attached hydrogen (secondary N) is 1. The maximum absolute atomic E-state index is 14.0. The van der Waals surface area contributed by atoms with Gasteiger partial charge in [0.25, 0.3) is 0 Å². The van der Waals surface area contributed by atoms with Gasteiger partial charge in [0.15, 0.2) is 0 Å². The number of aromatic nitrogens is 3. The van der Waals surface area contributed by atoms with Crippen LogP contribution in [-0.4, -0.2) is 15.0 Å². The number of rotatable bonds is 5. The normalized spacial score (nSPS) is 11.3. The highest BCUT2D eigenvalue weighted by Gasteiger charge is 2.13. The van der Waals surface area contributed by atoms with Crippen LogP contribution >= 0.6 is 11.3 Å². The van der Waals surface area contributed by atoms with Gasteiger partial charge in [0.1, 0.15) is 5.82 Å². The van der Waals surface area contributed by atoms with E-state index in [4.69, 9.17) is 4.98 Å². The summed E-state index contributed by atoms with van der Waals surface area (Å²) in [5.41, 5.74) is 10.2. The van der Waals surface area contributed by atoms with Crippen LogP contribution in [0.25, 0.3) is 43.5 Å². The predicted molar refractivity (Wildman–Crippen MR) is 142 cm³/mol. The maximum atomic E-state index is 14.0. The third kappa shape index (κ3) is 4.13. The molecule has 6 heteroatoms. The minimum absolute atomic E-state index is 0.219. The molecule has 6 aromatic rings. The van der Waals surface area contributed by atoms with Crippen LogP contribution in [0.5, 0.6) is 0 Å². The van der Waals surface area contributed by atoms with Crippen LogP contribution in [0.3, 0.4) is 0 Å². The minimum Gasteiger partial charge on any atom is -0.380 e. The fourth-order valence-corrected chi connectivity index (χ4v) is 5.05. The number of pyridine rings is 2. The standard InChI is InChI=1S/C29H21FN4S/c1-18-12-21(7-9-25(18)30)29-24(20-8-10-26-27(13-20)35-17-34-26)14-23(16-33-29)32-15-22-5-2-4-19-6-3-11-31-28(19)22/h2-14,16-17,32H,15H2,1H3. The second-order valence-corrected chi connectivity index (χ2v) is 9.35. The molecule has 1 N–H and O–H groups in total. The quantitative estimate of drug-likeness (QED) is 0.278. The number of para-hydroxylation sites is 1. The molecule has 0 amide bonds. The molecule has 0 aliphatic carbocycles. The Morgan fingerprint density at radius 2 is 1.77 bits per heavy atom. The molecule has 35 heavy (non-hydrogen) atoms. The van der Waals surface area contributed by atoms with Gasteiger partial charge in [-0.3, -0.25) is 9.97 Å². The number of hydrogen-bond acceptors (Lipinski definition) is 5. The molecular weight excluding hydrogens is 455 g/mol. The van der Waals surface area contributed by atoms with Crippen LogP contribution in [0.2, 0.25) is 0 Å². The summed E-state index contributed by atoms with van der Waals surface area (Å²) in [5.74, 6) is -0.219. The Morgan fingerprint density at radius 3 is 2.69 bits per heavy atom. The van der Waals surface area contributed by atoms with Crippen LogP contribution in [-0.2, 0) is 6.54 Å². The van der Waals surface area contributed by atoms with E-state index < -0.39 is 0 Å². The molecule has 170 valence electrons.